The molecule has 0 bridgehead atoms. The molecule has 0 aliphatic heterocycles. The summed E-state index contributed by atoms with van der Waals surface area (Å²) < 4.78 is 4.87. The second-order valence-electron chi connectivity index (χ2n) is 2.55. The molecule has 0 spiro atoms. The Balaban J connectivity index is 2.64. The molecule has 1 aromatic heterocycles. The quantitative estimate of drug-likeness (QED) is 0.829. The average molecular weight is 260 g/mol. The molecule has 1 N–H and O–H groups in total. The molecule has 1 amide bonds. The van der Waals surface area contributed by atoms with E-state index in [1.54, 1.807) is 6.92 Å². The van der Waals surface area contributed by atoms with Crippen LogP contribution in [0.5, 0.6) is 5.75 Å². The van der Waals surface area contributed by atoms with E-state index in [9.17, 15) is 4.79 Å². The van der Waals surface area contributed by atoms with Crippen LogP contribution >= 0.6 is 15.9 Å². The maximum Gasteiger partial charge on any atom is 0.240 e. The summed E-state index contributed by atoms with van der Waals surface area (Å²) in [7, 11) is 1.53. The fraction of sp³-hybridized carbons (Fsp3) is 0.375. The van der Waals surface area contributed by atoms with Gasteiger partial charge in [-0.1, -0.05) is 15.9 Å². The molecule has 6 heteroatoms. The molecule has 0 aliphatic rings. The molecule has 76 valence electrons. The van der Waals surface area contributed by atoms with Gasteiger partial charge in [-0.05, 0) is 6.92 Å². The Bertz CT molecular complexity index is 313. The summed E-state index contributed by atoms with van der Waals surface area (Å²) in [5.74, 6) is 0.632. The van der Waals surface area contributed by atoms with Gasteiger partial charge in [0.25, 0.3) is 0 Å². The summed E-state index contributed by atoms with van der Waals surface area (Å²) in [5, 5.41) is 2.53. The standard InChI is InChI=1S/C8H10BrN3O2/c1-5(9)7(13)12-8-10-3-6(14-2)4-11-8/h3-5H,1-2H3,(H,10,11,12,13). The SMILES string of the molecule is COc1cnc(NC(=O)C(C)Br)nc1. The van der Waals surface area contributed by atoms with Crippen molar-refractivity contribution in [2.24, 2.45) is 0 Å². The summed E-state index contributed by atoms with van der Waals surface area (Å²) in [6.45, 7) is 1.72. The highest BCUT2D eigenvalue weighted by atomic mass is 79.9. The molecule has 0 radical (unpaired) electrons. The van der Waals surface area contributed by atoms with E-state index in [4.69, 9.17) is 4.74 Å². The van der Waals surface area contributed by atoms with Crippen LogP contribution < -0.4 is 10.1 Å². The van der Waals surface area contributed by atoms with E-state index in [1.807, 2.05) is 0 Å². The van der Waals surface area contributed by atoms with Crippen molar-refractivity contribution in [1.29, 1.82) is 0 Å². The van der Waals surface area contributed by atoms with Gasteiger partial charge in [-0.25, -0.2) is 9.97 Å². The van der Waals surface area contributed by atoms with E-state index in [0.29, 0.717) is 5.75 Å². The van der Waals surface area contributed by atoms with Gasteiger partial charge in [0.05, 0.1) is 24.3 Å². The number of halogens is 1. The number of methoxy groups -OCH3 is 1. The van der Waals surface area contributed by atoms with Crippen molar-refractivity contribution in [3.8, 4) is 5.75 Å². The van der Waals surface area contributed by atoms with Gasteiger partial charge in [0, 0.05) is 0 Å². The van der Waals surface area contributed by atoms with Crippen LogP contribution in [0.3, 0.4) is 0 Å². The Kier molecular flexibility index (Phi) is 3.82. The number of alkyl halides is 1. The first-order chi connectivity index (χ1) is 6.63. The predicted molar refractivity (Wildman–Crippen MR) is 55.6 cm³/mol. The number of hydrogen-bond donors (Lipinski definition) is 1. The smallest absolute Gasteiger partial charge is 0.240 e. The topological polar surface area (TPSA) is 64.1 Å². The van der Waals surface area contributed by atoms with Crippen LogP contribution in [-0.2, 0) is 4.79 Å². The van der Waals surface area contributed by atoms with Gasteiger partial charge >= 0.3 is 0 Å². The van der Waals surface area contributed by atoms with Gasteiger partial charge in [-0.2, -0.15) is 0 Å². The molecule has 0 saturated carbocycles. The lowest BCUT2D eigenvalue weighted by molar-refractivity contribution is -0.115. The lowest BCUT2D eigenvalue weighted by Gasteiger charge is -2.04. The molecule has 0 aromatic carbocycles. The summed E-state index contributed by atoms with van der Waals surface area (Å²) in [4.78, 5) is 18.7. The van der Waals surface area contributed by atoms with Crippen molar-refractivity contribution < 1.29 is 9.53 Å². The molecular formula is C8H10BrN3O2. The number of carbonyl (C=O) groups excluding carboxylic acids is 1. The van der Waals surface area contributed by atoms with Crippen molar-refractivity contribution in [3.05, 3.63) is 12.4 Å². The Morgan fingerprint density at radius 1 is 1.57 bits per heavy atom. The molecule has 5 nitrogen and oxygen atoms in total. The summed E-state index contributed by atoms with van der Waals surface area (Å²) >= 11 is 3.13. The highest BCUT2D eigenvalue weighted by Gasteiger charge is 2.09. The minimum atomic E-state index is -0.270. The Labute approximate surface area is 90.0 Å². The number of rotatable bonds is 3. The van der Waals surface area contributed by atoms with Crippen molar-refractivity contribution in [2.45, 2.75) is 11.8 Å². The first-order valence-corrected chi connectivity index (χ1v) is 4.86. The lowest BCUT2D eigenvalue weighted by Crippen LogP contribution is -2.21. The summed E-state index contributed by atoms with van der Waals surface area (Å²) in [5.41, 5.74) is 0. The Morgan fingerprint density at radius 2 is 2.14 bits per heavy atom. The number of nitrogens with one attached hydrogen (secondary N) is 1. The molecule has 1 rings (SSSR count). The summed E-state index contributed by atoms with van der Waals surface area (Å²) in [6.07, 6.45) is 2.98. The van der Waals surface area contributed by atoms with E-state index >= 15 is 0 Å². The number of aromatic nitrogens is 2. The van der Waals surface area contributed by atoms with Crippen LogP contribution in [0.25, 0.3) is 0 Å². The third-order valence-corrected chi connectivity index (χ3v) is 1.88. The molecule has 0 fully saturated rings. The molecular weight excluding hydrogens is 250 g/mol. The Hall–Kier alpha value is -1.17. The number of carbonyl (C=O) groups is 1. The average Bonchev–Trinajstić information content (AvgIpc) is 2.19. The van der Waals surface area contributed by atoms with Crippen LogP contribution in [0.2, 0.25) is 0 Å². The van der Waals surface area contributed by atoms with Crippen molar-refractivity contribution in [3.63, 3.8) is 0 Å². The zero-order valence-corrected chi connectivity index (χ0v) is 9.41. The zero-order valence-electron chi connectivity index (χ0n) is 7.82. The third kappa shape index (κ3) is 2.95. The third-order valence-electron chi connectivity index (χ3n) is 1.46. The normalized spacial score (nSPS) is 11.9. The van der Waals surface area contributed by atoms with Crippen LogP contribution in [-0.4, -0.2) is 27.8 Å². The molecule has 1 heterocycles. The fourth-order valence-corrected chi connectivity index (χ4v) is 0.810. The Morgan fingerprint density at radius 3 is 2.57 bits per heavy atom. The highest BCUT2D eigenvalue weighted by molar-refractivity contribution is 9.10. The van der Waals surface area contributed by atoms with E-state index in [1.165, 1.54) is 19.5 Å². The summed E-state index contributed by atoms with van der Waals surface area (Å²) in [6, 6.07) is 0. The monoisotopic (exact) mass is 259 g/mol. The minimum absolute atomic E-state index is 0.185. The van der Waals surface area contributed by atoms with Crippen molar-refractivity contribution in [2.75, 3.05) is 12.4 Å². The second kappa shape index (κ2) is 4.90. The zero-order chi connectivity index (χ0) is 10.6. The van der Waals surface area contributed by atoms with Crippen LogP contribution in [0, 0.1) is 0 Å². The van der Waals surface area contributed by atoms with E-state index < -0.39 is 0 Å². The van der Waals surface area contributed by atoms with Crippen molar-refractivity contribution >= 4 is 27.8 Å². The minimum Gasteiger partial charge on any atom is -0.494 e. The van der Waals surface area contributed by atoms with Gasteiger partial charge in [-0.15, -0.1) is 0 Å². The molecule has 0 aliphatic carbocycles. The van der Waals surface area contributed by atoms with Gasteiger partial charge in [0.15, 0.2) is 5.75 Å². The second-order valence-corrected chi connectivity index (χ2v) is 3.93. The van der Waals surface area contributed by atoms with Crippen LogP contribution in [0.4, 0.5) is 5.95 Å². The molecule has 14 heavy (non-hydrogen) atoms. The number of amides is 1. The largest absolute Gasteiger partial charge is 0.494 e. The van der Waals surface area contributed by atoms with Crippen molar-refractivity contribution in [1.82, 2.24) is 9.97 Å². The van der Waals surface area contributed by atoms with Crippen LogP contribution in [0.1, 0.15) is 6.92 Å². The van der Waals surface area contributed by atoms with Gasteiger partial charge < -0.3 is 4.74 Å². The van der Waals surface area contributed by atoms with E-state index in [-0.39, 0.29) is 16.7 Å². The maximum absolute atomic E-state index is 11.2. The van der Waals surface area contributed by atoms with Gasteiger partial charge in [0.2, 0.25) is 11.9 Å². The molecule has 1 atom stereocenters. The number of anilines is 1. The van der Waals surface area contributed by atoms with E-state index in [0.717, 1.165) is 0 Å². The lowest BCUT2D eigenvalue weighted by atomic mass is 10.4. The molecule has 0 saturated heterocycles. The maximum atomic E-state index is 11.2. The van der Waals surface area contributed by atoms with Gasteiger partial charge in [0.1, 0.15) is 0 Å². The highest BCUT2D eigenvalue weighted by Crippen LogP contribution is 2.08. The number of nitrogens with zero attached hydrogens (tertiary/aromatic N) is 2. The number of ether oxygens (including phenoxy) is 1. The first-order valence-electron chi connectivity index (χ1n) is 3.94. The van der Waals surface area contributed by atoms with Gasteiger partial charge in [-0.3, -0.25) is 10.1 Å². The van der Waals surface area contributed by atoms with Crippen LogP contribution in [0.15, 0.2) is 12.4 Å². The predicted octanol–water partition coefficient (Wildman–Crippen LogP) is 1.21. The fourth-order valence-electron chi connectivity index (χ4n) is 0.696. The first kappa shape index (κ1) is 10.9. The molecule has 1 aromatic rings. The van der Waals surface area contributed by atoms with E-state index in [2.05, 4.69) is 31.2 Å². The number of hydrogen-bond acceptors (Lipinski definition) is 4. The molecule has 1 unspecified atom stereocenters.